The van der Waals surface area contributed by atoms with Crippen molar-refractivity contribution < 1.29 is 4.74 Å². The van der Waals surface area contributed by atoms with Gasteiger partial charge in [-0.1, -0.05) is 0 Å². The van der Waals surface area contributed by atoms with Crippen LogP contribution in [0.5, 0.6) is 0 Å². The highest BCUT2D eigenvalue weighted by Crippen LogP contribution is 2.32. The highest BCUT2D eigenvalue weighted by molar-refractivity contribution is 6.21. The van der Waals surface area contributed by atoms with Crippen molar-refractivity contribution in [3.05, 3.63) is 0 Å². The van der Waals surface area contributed by atoms with E-state index in [9.17, 15) is 0 Å². The van der Waals surface area contributed by atoms with E-state index in [-0.39, 0.29) is 0 Å². The van der Waals surface area contributed by atoms with Gasteiger partial charge >= 0.3 is 0 Å². The van der Waals surface area contributed by atoms with Crippen LogP contribution in [-0.4, -0.2) is 42.6 Å². The van der Waals surface area contributed by atoms with Crippen molar-refractivity contribution in [2.45, 2.75) is 50.2 Å². The summed E-state index contributed by atoms with van der Waals surface area (Å²) in [5.74, 6) is 0.830. The Labute approximate surface area is 97.9 Å². The van der Waals surface area contributed by atoms with Crippen LogP contribution in [0.3, 0.4) is 0 Å². The van der Waals surface area contributed by atoms with E-state index in [0.29, 0.717) is 17.6 Å². The second-order valence-electron chi connectivity index (χ2n) is 5.30. The van der Waals surface area contributed by atoms with Crippen molar-refractivity contribution in [1.82, 2.24) is 4.90 Å². The van der Waals surface area contributed by atoms with E-state index in [4.69, 9.17) is 16.3 Å². The van der Waals surface area contributed by atoms with E-state index in [0.717, 1.165) is 12.5 Å². The van der Waals surface area contributed by atoms with Crippen LogP contribution >= 0.6 is 11.6 Å². The molecule has 2 atom stereocenters. The number of hydrogen-bond donors (Lipinski definition) is 0. The first-order valence-electron chi connectivity index (χ1n) is 6.11. The first-order chi connectivity index (χ1) is 7.13. The average Bonchev–Trinajstić information content (AvgIpc) is 2.48. The van der Waals surface area contributed by atoms with Gasteiger partial charge in [0.05, 0.1) is 12.2 Å². The van der Waals surface area contributed by atoms with Gasteiger partial charge in [0.2, 0.25) is 0 Å². The van der Waals surface area contributed by atoms with Crippen LogP contribution in [0, 0.1) is 5.92 Å². The number of hydrogen-bond acceptors (Lipinski definition) is 2. The molecule has 0 aromatic heterocycles. The Hall–Kier alpha value is 0.210. The Kier molecular flexibility index (Phi) is 3.92. The number of ether oxygens (including phenoxy) is 1. The summed E-state index contributed by atoms with van der Waals surface area (Å²) < 4.78 is 5.82. The highest BCUT2D eigenvalue weighted by atomic mass is 35.5. The van der Waals surface area contributed by atoms with Gasteiger partial charge in [-0.15, -0.1) is 11.6 Å². The molecule has 1 saturated heterocycles. The number of likely N-dealkylation sites (N-methyl/N-ethyl adjacent to an activating group) is 1. The van der Waals surface area contributed by atoms with Gasteiger partial charge in [0, 0.05) is 18.5 Å². The SMILES string of the molecule is CC1CCC(CN(C)CC2CC(Cl)C2)O1. The minimum absolute atomic E-state index is 0.450. The summed E-state index contributed by atoms with van der Waals surface area (Å²) in [6.45, 7) is 4.45. The predicted molar refractivity (Wildman–Crippen MR) is 63.4 cm³/mol. The molecule has 0 N–H and O–H groups in total. The van der Waals surface area contributed by atoms with Crippen LogP contribution in [0.2, 0.25) is 0 Å². The number of alkyl halides is 1. The summed E-state index contributed by atoms with van der Waals surface area (Å²) >= 11 is 5.97. The molecule has 2 aliphatic rings. The minimum atomic E-state index is 0.450. The molecular formula is C12H22ClNO. The van der Waals surface area contributed by atoms with Crippen molar-refractivity contribution in [1.29, 1.82) is 0 Å². The minimum Gasteiger partial charge on any atom is -0.374 e. The monoisotopic (exact) mass is 231 g/mol. The zero-order chi connectivity index (χ0) is 10.8. The molecule has 0 bridgehead atoms. The molecule has 1 heterocycles. The largest absolute Gasteiger partial charge is 0.374 e. The molecule has 0 radical (unpaired) electrons. The fourth-order valence-electron chi connectivity index (χ4n) is 2.69. The molecule has 1 saturated carbocycles. The summed E-state index contributed by atoms with van der Waals surface area (Å²) in [5.41, 5.74) is 0. The van der Waals surface area contributed by atoms with Gasteiger partial charge in [0.15, 0.2) is 0 Å². The molecule has 3 heteroatoms. The van der Waals surface area contributed by atoms with Gasteiger partial charge in [0.1, 0.15) is 0 Å². The summed E-state index contributed by atoms with van der Waals surface area (Å²) in [7, 11) is 2.20. The van der Waals surface area contributed by atoms with Gasteiger partial charge in [-0.25, -0.2) is 0 Å². The molecule has 0 amide bonds. The molecule has 2 rings (SSSR count). The van der Waals surface area contributed by atoms with Gasteiger partial charge in [-0.3, -0.25) is 0 Å². The van der Waals surface area contributed by atoms with Gasteiger partial charge in [-0.05, 0) is 45.6 Å². The van der Waals surface area contributed by atoms with E-state index in [2.05, 4.69) is 18.9 Å². The molecule has 0 spiro atoms. The van der Waals surface area contributed by atoms with E-state index < -0.39 is 0 Å². The zero-order valence-corrected chi connectivity index (χ0v) is 10.5. The van der Waals surface area contributed by atoms with Crippen LogP contribution in [0.4, 0.5) is 0 Å². The van der Waals surface area contributed by atoms with Gasteiger partial charge < -0.3 is 9.64 Å². The number of rotatable bonds is 4. The quantitative estimate of drug-likeness (QED) is 0.690. The Bertz CT molecular complexity index is 206. The third-order valence-electron chi connectivity index (χ3n) is 3.58. The Morgan fingerprint density at radius 3 is 2.53 bits per heavy atom. The standard InChI is InChI=1S/C12H22ClNO/c1-9-3-4-12(15-9)8-14(2)7-10-5-11(13)6-10/h9-12H,3-8H2,1-2H3. The lowest BCUT2D eigenvalue weighted by molar-refractivity contribution is 0.0314. The van der Waals surface area contributed by atoms with E-state index >= 15 is 0 Å². The molecule has 2 nitrogen and oxygen atoms in total. The molecule has 1 aliphatic heterocycles. The number of halogens is 1. The fourth-order valence-corrected chi connectivity index (χ4v) is 3.19. The van der Waals surface area contributed by atoms with Crippen LogP contribution in [0.25, 0.3) is 0 Å². The third kappa shape index (κ3) is 3.33. The molecule has 88 valence electrons. The Morgan fingerprint density at radius 1 is 1.27 bits per heavy atom. The van der Waals surface area contributed by atoms with E-state index in [1.54, 1.807) is 0 Å². The van der Waals surface area contributed by atoms with E-state index in [1.807, 2.05) is 0 Å². The molecule has 1 aliphatic carbocycles. The maximum atomic E-state index is 5.97. The fraction of sp³-hybridized carbons (Fsp3) is 1.00. The summed E-state index contributed by atoms with van der Waals surface area (Å²) in [6.07, 6.45) is 5.80. The normalized spacial score (nSPS) is 40.8. The summed E-state index contributed by atoms with van der Waals surface area (Å²) in [4.78, 5) is 2.41. The smallest absolute Gasteiger partial charge is 0.0706 e. The number of nitrogens with zero attached hydrogens (tertiary/aromatic N) is 1. The Morgan fingerprint density at radius 2 is 2.00 bits per heavy atom. The van der Waals surface area contributed by atoms with Crippen molar-refractivity contribution in [2.24, 2.45) is 5.92 Å². The zero-order valence-electron chi connectivity index (χ0n) is 9.79. The highest BCUT2D eigenvalue weighted by Gasteiger charge is 2.29. The summed E-state index contributed by atoms with van der Waals surface area (Å²) in [5, 5.41) is 0.450. The predicted octanol–water partition coefficient (Wildman–Crippen LogP) is 2.50. The van der Waals surface area contributed by atoms with Gasteiger partial charge in [-0.2, -0.15) is 0 Å². The van der Waals surface area contributed by atoms with Crippen molar-refractivity contribution in [3.8, 4) is 0 Å². The lowest BCUT2D eigenvalue weighted by Gasteiger charge is -2.34. The molecule has 15 heavy (non-hydrogen) atoms. The van der Waals surface area contributed by atoms with Crippen molar-refractivity contribution in [2.75, 3.05) is 20.1 Å². The lowest BCUT2D eigenvalue weighted by Crippen LogP contribution is -2.38. The maximum absolute atomic E-state index is 5.97. The van der Waals surface area contributed by atoms with Crippen molar-refractivity contribution >= 4 is 11.6 Å². The average molecular weight is 232 g/mol. The van der Waals surface area contributed by atoms with Crippen LogP contribution in [0.1, 0.15) is 32.6 Å². The molecule has 2 fully saturated rings. The maximum Gasteiger partial charge on any atom is 0.0706 e. The second kappa shape index (κ2) is 5.03. The first kappa shape index (κ1) is 11.7. The van der Waals surface area contributed by atoms with Crippen LogP contribution in [0.15, 0.2) is 0 Å². The lowest BCUT2D eigenvalue weighted by atomic mass is 9.84. The van der Waals surface area contributed by atoms with Crippen molar-refractivity contribution in [3.63, 3.8) is 0 Å². The third-order valence-corrected chi connectivity index (χ3v) is 3.94. The van der Waals surface area contributed by atoms with Gasteiger partial charge in [0.25, 0.3) is 0 Å². The molecule has 0 aromatic rings. The molecular weight excluding hydrogens is 210 g/mol. The second-order valence-corrected chi connectivity index (χ2v) is 5.92. The molecule has 0 aromatic carbocycles. The van der Waals surface area contributed by atoms with Crippen LogP contribution < -0.4 is 0 Å². The van der Waals surface area contributed by atoms with Crippen LogP contribution in [-0.2, 0) is 4.74 Å². The Balaban J connectivity index is 1.62. The summed E-state index contributed by atoms with van der Waals surface area (Å²) in [6, 6.07) is 0. The molecule has 2 unspecified atom stereocenters. The topological polar surface area (TPSA) is 12.5 Å². The first-order valence-corrected chi connectivity index (χ1v) is 6.55. The van der Waals surface area contributed by atoms with E-state index in [1.165, 1.54) is 32.2 Å².